The van der Waals surface area contributed by atoms with Crippen molar-refractivity contribution in [1.29, 1.82) is 0 Å². The molecule has 0 fully saturated rings. The van der Waals surface area contributed by atoms with Crippen LogP contribution >= 0.6 is 22.7 Å². The van der Waals surface area contributed by atoms with E-state index in [-0.39, 0.29) is 0 Å². The number of hydrogen-bond acceptors (Lipinski definition) is 7. The average Bonchev–Trinajstić information content (AvgIpc) is 3.13. The number of nitrogen functional groups attached to an aromatic ring is 1. The van der Waals surface area contributed by atoms with E-state index in [9.17, 15) is 0 Å². The standard InChI is InChI=1S/C12H8N6S2/c13-11-14-8(6-19-11)10-17-18-9(15-16-12(18)20-10)7-4-2-1-3-5-7/h1-6H,(H2,13,14). The quantitative estimate of drug-likeness (QED) is 0.615. The smallest absolute Gasteiger partial charge is 0.235 e. The first-order chi connectivity index (χ1) is 9.81. The van der Waals surface area contributed by atoms with Crippen LogP contribution in [0.15, 0.2) is 35.7 Å². The van der Waals surface area contributed by atoms with Gasteiger partial charge in [0.1, 0.15) is 5.69 Å². The number of hydrogen-bond donors (Lipinski definition) is 1. The lowest BCUT2D eigenvalue weighted by Crippen LogP contribution is -1.91. The van der Waals surface area contributed by atoms with Crippen molar-refractivity contribution in [2.45, 2.75) is 0 Å². The van der Waals surface area contributed by atoms with Gasteiger partial charge in [-0.05, 0) is 0 Å². The Morgan fingerprint density at radius 1 is 1.10 bits per heavy atom. The molecule has 0 unspecified atom stereocenters. The van der Waals surface area contributed by atoms with E-state index in [0.717, 1.165) is 27.1 Å². The summed E-state index contributed by atoms with van der Waals surface area (Å²) in [5.74, 6) is 0.728. The van der Waals surface area contributed by atoms with Gasteiger partial charge in [-0.15, -0.1) is 21.5 Å². The molecule has 0 spiro atoms. The largest absolute Gasteiger partial charge is 0.375 e. The highest BCUT2D eigenvalue weighted by molar-refractivity contribution is 7.20. The Bertz CT molecular complexity index is 876. The van der Waals surface area contributed by atoms with E-state index in [1.807, 2.05) is 35.7 Å². The fourth-order valence-electron chi connectivity index (χ4n) is 1.87. The summed E-state index contributed by atoms with van der Waals surface area (Å²) in [5.41, 5.74) is 7.42. The van der Waals surface area contributed by atoms with Gasteiger partial charge in [-0.2, -0.15) is 9.61 Å². The predicted octanol–water partition coefficient (Wildman–Crippen LogP) is 2.56. The van der Waals surface area contributed by atoms with Gasteiger partial charge in [-0.3, -0.25) is 0 Å². The third-order valence-corrected chi connectivity index (χ3v) is 4.36. The molecule has 1 aromatic carbocycles. The first-order valence-electron chi connectivity index (χ1n) is 5.80. The minimum atomic E-state index is 0.536. The molecule has 0 radical (unpaired) electrons. The van der Waals surface area contributed by atoms with Crippen LogP contribution in [0.5, 0.6) is 0 Å². The molecule has 0 saturated heterocycles. The number of rotatable bonds is 2. The molecule has 0 bridgehead atoms. The number of anilines is 1. The van der Waals surface area contributed by atoms with Crippen LogP contribution in [0.1, 0.15) is 0 Å². The summed E-state index contributed by atoms with van der Waals surface area (Å²) in [4.78, 5) is 4.98. The van der Waals surface area contributed by atoms with Crippen LogP contribution in [0.3, 0.4) is 0 Å². The van der Waals surface area contributed by atoms with Gasteiger partial charge in [-0.25, -0.2) is 4.98 Å². The number of fused-ring (bicyclic) bond motifs is 1. The van der Waals surface area contributed by atoms with E-state index in [1.54, 1.807) is 4.52 Å². The fourth-order valence-corrected chi connectivity index (χ4v) is 3.30. The van der Waals surface area contributed by atoms with E-state index in [4.69, 9.17) is 5.73 Å². The molecule has 3 aromatic heterocycles. The van der Waals surface area contributed by atoms with Crippen LogP contribution in [-0.2, 0) is 0 Å². The number of nitrogens with zero attached hydrogens (tertiary/aromatic N) is 5. The summed E-state index contributed by atoms with van der Waals surface area (Å²) < 4.78 is 1.74. The van der Waals surface area contributed by atoms with Crippen molar-refractivity contribution in [1.82, 2.24) is 24.8 Å². The molecule has 0 aliphatic heterocycles. The third kappa shape index (κ3) is 1.77. The maximum atomic E-state index is 5.66. The molecule has 3 heterocycles. The van der Waals surface area contributed by atoms with Gasteiger partial charge in [-0.1, -0.05) is 41.7 Å². The second-order valence-corrected chi connectivity index (χ2v) is 5.91. The molecular weight excluding hydrogens is 292 g/mol. The number of benzene rings is 1. The van der Waals surface area contributed by atoms with Crippen molar-refractivity contribution >= 4 is 32.8 Å². The Balaban J connectivity index is 1.87. The second kappa shape index (κ2) is 4.36. The number of thiazole rings is 1. The van der Waals surface area contributed by atoms with Crippen molar-refractivity contribution in [3.8, 4) is 22.1 Å². The Morgan fingerprint density at radius 3 is 2.70 bits per heavy atom. The van der Waals surface area contributed by atoms with Crippen LogP contribution < -0.4 is 5.73 Å². The molecular formula is C12H8N6S2. The lowest BCUT2D eigenvalue weighted by molar-refractivity contribution is 0.968. The highest BCUT2D eigenvalue weighted by Crippen LogP contribution is 2.29. The SMILES string of the molecule is Nc1nc(-c2nn3c(-c4ccccc4)nnc3s2)cs1. The van der Waals surface area contributed by atoms with Gasteiger partial charge < -0.3 is 5.73 Å². The Kier molecular flexibility index (Phi) is 2.51. The van der Waals surface area contributed by atoms with Crippen LogP contribution in [0.2, 0.25) is 0 Å². The Labute approximate surface area is 121 Å². The van der Waals surface area contributed by atoms with Crippen molar-refractivity contribution in [3.05, 3.63) is 35.7 Å². The molecule has 8 heteroatoms. The highest BCUT2D eigenvalue weighted by Gasteiger charge is 2.15. The highest BCUT2D eigenvalue weighted by atomic mass is 32.1. The zero-order valence-electron chi connectivity index (χ0n) is 10.1. The molecule has 0 aliphatic carbocycles. The second-order valence-electron chi connectivity index (χ2n) is 4.06. The zero-order valence-corrected chi connectivity index (χ0v) is 11.7. The molecule has 20 heavy (non-hydrogen) atoms. The minimum Gasteiger partial charge on any atom is -0.375 e. The molecule has 4 aromatic rings. The minimum absolute atomic E-state index is 0.536. The van der Waals surface area contributed by atoms with Gasteiger partial charge in [0.25, 0.3) is 0 Å². The summed E-state index contributed by atoms with van der Waals surface area (Å²) in [6, 6.07) is 9.86. The maximum absolute atomic E-state index is 5.66. The average molecular weight is 300 g/mol. The van der Waals surface area contributed by atoms with Crippen LogP contribution in [0.25, 0.3) is 27.1 Å². The maximum Gasteiger partial charge on any atom is 0.235 e. The van der Waals surface area contributed by atoms with E-state index < -0.39 is 0 Å². The lowest BCUT2D eigenvalue weighted by atomic mass is 10.2. The van der Waals surface area contributed by atoms with Crippen molar-refractivity contribution < 1.29 is 0 Å². The first kappa shape index (κ1) is 11.5. The van der Waals surface area contributed by atoms with E-state index in [1.165, 1.54) is 22.7 Å². The van der Waals surface area contributed by atoms with Gasteiger partial charge in [0.05, 0.1) is 0 Å². The number of nitrogens with two attached hydrogens (primary N) is 1. The van der Waals surface area contributed by atoms with Crippen molar-refractivity contribution in [2.75, 3.05) is 5.73 Å². The van der Waals surface area contributed by atoms with Crippen molar-refractivity contribution in [3.63, 3.8) is 0 Å². The monoisotopic (exact) mass is 300 g/mol. The van der Waals surface area contributed by atoms with Crippen LogP contribution in [-0.4, -0.2) is 24.8 Å². The van der Waals surface area contributed by atoms with Gasteiger partial charge >= 0.3 is 0 Å². The topological polar surface area (TPSA) is 82.0 Å². The van der Waals surface area contributed by atoms with Crippen LogP contribution in [0.4, 0.5) is 5.13 Å². The first-order valence-corrected chi connectivity index (χ1v) is 7.50. The van der Waals surface area contributed by atoms with Gasteiger partial charge in [0.2, 0.25) is 4.96 Å². The fraction of sp³-hybridized carbons (Fsp3) is 0. The normalized spacial score (nSPS) is 11.2. The molecule has 0 saturated carbocycles. The molecule has 0 aliphatic rings. The summed E-state index contributed by atoms with van der Waals surface area (Å²) in [5, 5.41) is 16.1. The summed E-state index contributed by atoms with van der Waals surface area (Å²) in [7, 11) is 0. The van der Waals surface area contributed by atoms with E-state index in [0.29, 0.717) is 5.13 Å². The van der Waals surface area contributed by atoms with E-state index in [2.05, 4.69) is 20.3 Å². The zero-order chi connectivity index (χ0) is 13.5. The molecule has 98 valence electrons. The molecule has 2 N–H and O–H groups in total. The van der Waals surface area contributed by atoms with Crippen LogP contribution in [0, 0.1) is 0 Å². The summed E-state index contributed by atoms with van der Waals surface area (Å²) in [6.45, 7) is 0. The van der Waals surface area contributed by atoms with E-state index >= 15 is 0 Å². The summed E-state index contributed by atoms with van der Waals surface area (Å²) >= 11 is 2.85. The lowest BCUT2D eigenvalue weighted by Gasteiger charge is -1.94. The van der Waals surface area contributed by atoms with Gasteiger partial charge in [0, 0.05) is 10.9 Å². The van der Waals surface area contributed by atoms with Crippen molar-refractivity contribution in [2.24, 2.45) is 0 Å². The predicted molar refractivity (Wildman–Crippen MR) is 79.6 cm³/mol. The number of aromatic nitrogens is 5. The summed E-state index contributed by atoms with van der Waals surface area (Å²) in [6.07, 6.45) is 0. The molecule has 4 rings (SSSR count). The third-order valence-electron chi connectivity index (χ3n) is 2.76. The molecule has 0 amide bonds. The van der Waals surface area contributed by atoms with Gasteiger partial charge in [0.15, 0.2) is 16.0 Å². The molecule has 6 nitrogen and oxygen atoms in total. The molecule has 0 atom stereocenters. The Hall–Kier alpha value is -2.32. The Morgan fingerprint density at radius 2 is 1.95 bits per heavy atom.